The van der Waals surface area contributed by atoms with Crippen LogP contribution in [-0.4, -0.2) is 18.0 Å². The molecule has 3 heteroatoms. The number of rotatable bonds is 5. The van der Waals surface area contributed by atoms with Crippen molar-refractivity contribution in [2.75, 3.05) is 5.32 Å². The monoisotopic (exact) mass is 302 g/mol. The second kappa shape index (κ2) is 7.77. The smallest absolute Gasteiger partial charge is 0.225 e. The van der Waals surface area contributed by atoms with Crippen LogP contribution in [0.1, 0.15) is 52.0 Å². The molecule has 0 radical (unpaired) electrons. The predicted octanol–water partition coefficient (Wildman–Crippen LogP) is 4.13. The molecule has 0 saturated heterocycles. The number of anilines is 1. The number of hydrogen-bond donors (Lipinski definition) is 2. The Hall–Kier alpha value is -1.35. The third-order valence-corrected chi connectivity index (χ3v) is 5.00. The summed E-state index contributed by atoms with van der Waals surface area (Å²) < 4.78 is 0. The van der Waals surface area contributed by atoms with Crippen molar-refractivity contribution in [2.24, 2.45) is 11.8 Å². The zero-order chi connectivity index (χ0) is 16.1. The first-order valence-electron chi connectivity index (χ1n) is 8.58. The zero-order valence-electron chi connectivity index (χ0n) is 14.4. The van der Waals surface area contributed by atoms with E-state index in [1.54, 1.807) is 0 Å². The standard InChI is InChI=1S/C19H30N2O/c1-13-7-5-9-17(11-13)21-19(22)12-15(3)20-18-10-6-8-14(2)16(18)4/h5,7,9,11,14-16,18,20H,6,8,10,12H2,1-4H3,(H,21,22)/t14-,15+,16-,18-/m1/s1. The summed E-state index contributed by atoms with van der Waals surface area (Å²) in [7, 11) is 0. The maximum Gasteiger partial charge on any atom is 0.225 e. The molecule has 22 heavy (non-hydrogen) atoms. The summed E-state index contributed by atoms with van der Waals surface area (Å²) in [6.45, 7) is 8.82. The van der Waals surface area contributed by atoms with Crippen molar-refractivity contribution in [3.05, 3.63) is 29.8 Å². The normalized spacial score (nSPS) is 26.5. The van der Waals surface area contributed by atoms with Crippen LogP contribution in [0.5, 0.6) is 0 Å². The van der Waals surface area contributed by atoms with E-state index >= 15 is 0 Å². The maximum absolute atomic E-state index is 12.2. The van der Waals surface area contributed by atoms with Gasteiger partial charge in [-0.25, -0.2) is 0 Å². The van der Waals surface area contributed by atoms with E-state index in [0.717, 1.165) is 17.2 Å². The number of aryl methyl sites for hydroxylation is 1. The lowest BCUT2D eigenvalue weighted by atomic mass is 9.78. The van der Waals surface area contributed by atoms with E-state index in [1.807, 2.05) is 31.2 Å². The highest BCUT2D eigenvalue weighted by Crippen LogP contribution is 2.29. The minimum atomic E-state index is 0.0853. The summed E-state index contributed by atoms with van der Waals surface area (Å²) in [6, 6.07) is 8.70. The third kappa shape index (κ3) is 4.84. The fourth-order valence-corrected chi connectivity index (χ4v) is 3.45. The maximum atomic E-state index is 12.2. The van der Waals surface area contributed by atoms with E-state index in [4.69, 9.17) is 0 Å². The number of hydrogen-bond acceptors (Lipinski definition) is 2. The molecule has 1 aromatic carbocycles. The van der Waals surface area contributed by atoms with Gasteiger partial charge in [0.05, 0.1) is 0 Å². The van der Waals surface area contributed by atoms with Gasteiger partial charge in [0.25, 0.3) is 0 Å². The molecule has 122 valence electrons. The van der Waals surface area contributed by atoms with Gasteiger partial charge < -0.3 is 10.6 Å². The van der Waals surface area contributed by atoms with Crippen LogP contribution < -0.4 is 10.6 Å². The molecule has 0 aliphatic heterocycles. The summed E-state index contributed by atoms with van der Waals surface area (Å²) >= 11 is 0. The van der Waals surface area contributed by atoms with E-state index in [2.05, 4.69) is 31.4 Å². The van der Waals surface area contributed by atoms with E-state index in [0.29, 0.717) is 18.4 Å². The van der Waals surface area contributed by atoms with E-state index in [-0.39, 0.29) is 11.9 Å². The molecule has 4 atom stereocenters. The van der Waals surface area contributed by atoms with Crippen LogP contribution in [0.3, 0.4) is 0 Å². The van der Waals surface area contributed by atoms with Crippen molar-refractivity contribution in [1.82, 2.24) is 5.32 Å². The zero-order valence-corrected chi connectivity index (χ0v) is 14.4. The van der Waals surface area contributed by atoms with Crippen molar-refractivity contribution < 1.29 is 4.79 Å². The van der Waals surface area contributed by atoms with Crippen LogP contribution in [0.2, 0.25) is 0 Å². The Balaban J connectivity index is 1.81. The van der Waals surface area contributed by atoms with Gasteiger partial charge in [0.2, 0.25) is 5.91 Å². The Labute approximate surface area is 134 Å². The highest BCUT2D eigenvalue weighted by atomic mass is 16.1. The molecule has 0 aromatic heterocycles. The Morgan fingerprint density at radius 1 is 1.32 bits per heavy atom. The van der Waals surface area contributed by atoms with E-state index in [1.165, 1.54) is 19.3 Å². The minimum absolute atomic E-state index is 0.0853. The third-order valence-electron chi connectivity index (χ3n) is 5.00. The first kappa shape index (κ1) is 17.0. The second-order valence-electron chi connectivity index (χ2n) is 7.06. The van der Waals surface area contributed by atoms with Crippen molar-refractivity contribution in [1.29, 1.82) is 0 Å². The van der Waals surface area contributed by atoms with Gasteiger partial charge in [0, 0.05) is 24.2 Å². The Morgan fingerprint density at radius 3 is 2.82 bits per heavy atom. The molecule has 0 heterocycles. The number of amides is 1. The molecule has 2 rings (SSSR count). The molecule has 0 spiro atoms. The van der Waals surface area contributed by atoms with Crippen molar-refractivity contribution in [2.45, 2.75) is 65.5 Å². The van der Waals surface area contributed by atoms with Crippen molar-refractivity contribution in [3.8, 4) is 0 Å². The summed E-state index contributed by atoms with van der Waals surface area (Å²) in [4.78, 5) is 12.2. The van der Waals surface area contributed by atoms with Gasteiger partial charge in [0.15, 0.2) is 0 Å². The molecular formula is C19H30N2O. The average molecular weight is 302 g/mol. The molecule has 1 aliphatic rings. The first-order valence-corrected chi connectivity index (χ1v) is 8.58. The fourth-order valence-electron chi connectivity index (χ4n) is 3.45. The molecule has 0 unspecified atom stereocenters. The van der Waals surface area contributed by atoms with Crippen LogP contribution >= 0.6 is 0 Å². The highest BCUT2D eigenvalue weighted by molar-refractivity contribution is 5.91. The van der Waals surface area contributed by atoms with Gasteiger partial charge in [-0.1, -0.05) is 38.8 Å². The van der Waals surface area contributed by atoms with E-state index in [9.17, 15) is 4.79 Å². The summed E-state index contributed by atoms with van der Waals surface area (Å²) in [6.07, 6.45) is 4.38. The lowest BCUT2D eigenvalue weighted by Gasteiger charge is -2.36. The molecule has 3 nitrogen and oxygen atoms in total. The largest absolute Gasteiger partial charge is 0.326 e. The SMILES string of the molecule is Cc1cccc(NC(=O)C[C@H](C)N[C@@H]2CCC[C@@H](C)[C@H]2C)c1. The Bertz CT molecular complexity index is 500. The summed E-state index contributed by atoms with van der Waals surface area (Å²) in [5.74, 6) is 1.55. The minimum Gasteiger partial charge on any atom is -0.326 e. The number of carbonyl (C=O) groups excluding carboxylic acids is 1. The molecule has 1 amide bonds. The molecule has 1 aliphatic carbocycles. The lowest BCUT2D eigenvalue weighted by Crippen LogP contribution is -2.45. The summed E-state index contributed by atoms with van der Waals surface area (Å²) in [5, 5.41) is 6.66. The second-order valence-corrected chi connectivity index (χ2v) is 7.06. The van der Waals surface area contributed by atoms with E-state index < -0.39 is 0 Å². The van der Waals surface area contributed by atoms with Crippen LogP contribution in [0.25, 0.3) is 0 Å². The number of carbonyl (C=O) groups is 1. The molecule has 1 aromatic rings. The number of nitrogens with one attached hydrogen (secondary N) is 2. The topological polar surface area (TPSA) is 41.1 Å². The van der Waals surface area contributed by atoms with Crippen molar-refractivity contribution >= 4 is 11.6 Å². The van der Waals surface area contributed by atoms with Gasteiger partial charge in [-0.3, -0.25) is 4.79 Å². The average Bonchev–Trinajstić information content (AvgIpc) is 2.43. The van der Waals surface area contributed by atoms with Gasteiger partial charge in [-0.05, 0) is 49.8 Å². The van der Waals surface area contributed by atoms with Gasteiger partial charge in [-0.15, -0.1) is 0 Å². The molecule has 1 fully saturated rings. The molecule has 0 bridgehead atoms. The molecular weight excluding hydrogens is 272 g/mol. The molecule has 2 N–H and O–H groups in total. The summed E-state index contributed by atoms with van der Waals surface area (Å²) in [5.41, 5.74) is 2.05. The van der Waals surface area contributed by atoms with Crippen LogP contribution in [0.4, 0.5) is 5.69 Å². The highest BCUT2D eigenvalue weighted by Gasteiger charge is 2.28. The van der Waals surface area contributed by atoms with Crippen LogP contribution in [-0.2, 0) is 4.79 Å². The van der Waals surface area contributed by atoms with Crippen molar-refractivity contribution in [3.63, 3.8) is 0 Å². The first-order chi connectivity index (χ1) is 10.5. The lowest BCUT2D eigenvalue weighted by molar-refractivity contribution is -0.116. The van der Waals surface area contributed by atoms with Gasteiger partial charge in [-0.2, -0.15) is 0 Å². The quantitative estimate of drug-likeness (QED) is 0.859. The Morgan fingerprint density at radius 2 is 2.09 bits per heavy atom. The fraction of sp³-hybridized carbons (Fsp3) is 0.632. The number of benzene rings is 1. The van der Waals surface area contributed by atoms with Crippen LogP contribution in [0, 0.1) is 18.8 Å². The Kier molecular flexibility index (Phi) is 6.01. The predicted molar refractivity (Wildman–Crippen MR) is 93.0 cm³/mol. The van der Waals surface area contributed by atoms with Gasteiger partial charge >= 0.3 is 0 Å². The van der Waals surface area contributed by atoms with Gasteiger partial charge in [0.1, 0.15) is 0 Å². The van der Waals surface area contributed by atoms with Crippen LogP contribution in [0.15, 0.2) is 24.3 Å². The molecule has 1 saturated carbocycles.